The van der Waals surface area contributed by atoms with Crippen molar-refractivity contribution in [2.45, 2.75) is 19.4 Å². The van der Waals surface area contributed by atoms with Gasteiger partial charge in [-0.25, -0.2) is 0 Å². The number of carbonyl (C=O) groups excluding carboxylic acids is 1. The lowest BCUT2D eigenvalue weighted by molar-refractivity contribution is -0.132. The van der Waals surface area contributed by atoms with Crippen LogP contribution >= 0.6 is 0 Å². The third-order valence-corrected chi connectivity index (χ3v) is 1.35. The zero-order valence-corrected chi connectivity index (χ0v) is 7.62. The molecule has 0 aromatic heterocycles. The second-order valence-corrected chi connectivity index (χ2v) is 2.27. The Bertz CT molecular complexity index is 105. The topological polar surface area (TPSA) is 44.8 Å². The van der Waals surface area contributed by atoms with Crippen molar-refractivity contribution in [3.05, 3.63) is 0 Å². The van der Waals surface area contributed by atoms with Gasteiger partial charge in [0.2, 0.25) is 0 Å². The Morgan fingerprint density at radius 2 is 2.17 bits per heavy atom. The van der Waals surface area contributed by atoms with Gasteiger partial charge in [-0.3, -0.25) is 0 Å². The largest absolute Gasteiger partial charge is 0.382 e. The molecule has 0 saturated heterocycles. The third kappa shape index (κ3) is 6.27. The fourth-order valence-corrected chi connectivity index (χ4v) is 0.590. The normalized spacial score (nSPS) is 12.8. The van der Waals surface area contributed by atoms with E-state index in [9.17, 15) is 4.79 Å². The van der Waals surface area contributed by atoms with Gasteiger partial charge >= 0.3 is 0 Å². The highest BCUT2D eigenvalue weighted by molar-refractivity contribution is 5.55. The van der Waals surface area contributed by atoms with E-state index in [-0.39, 0.29) is 12.9 Å². The summed E-state index contributed by atoms with van der Waals surface area (Å²) in [5, 5.41) is 0. The Morgan fingerprint density at radius 3 is 2.67 bits per heavy atom. The highest BCUT2D eigenvalue weighted by atomic mass is 16.7. The molecule has 0 aliphatic heterocycles. The summed E-state index contributed by atoms with van der Waals surface area (Å²) in [5.74, 6) is 0. The molecule has 0 amide bonds. The molecule has 0 aliphatic carbocycles. The van der Waals surface area contributed by atoms with Crippen molar-refractivity contribution < 1.29 is 19.0 Å². The molecule has 0 aromatic rings. The first kappa shape index (κ1) is 11.6. The molecular formula is C8H16O4. The summed E-state index contributed by atoms with van der Waals surface area (Å²) in [4.78, 5) is 10.3. The maximum Gasteiger partial charge on any atom is 0.148 e. The van der Waals surface area contributed by atoms with Crippen molar-refractivity contribution in [3.63, 3.8) is 0 Å². The first-order valence-corrected chi connectivity index (χ1v) is 3.98. The molecular weight excluding hydrogens is 160 g/mol. The van der Waals surface area contributed by atoms with Gasteiger partial charge in [-0.2, -0.15) is 0 Å². The summed E-state index contributed by atoms with van der Waals surface area (Å²) < 4.78 is 14.8. The van der Waals surface area contributed by atoms with Crippen LogP contribution in [0.5, 0.6) is 0 Å². The number of aldehydes is 1. The van der Waals surface area contributed by atoms with Crippen LogP contribution in [0.1, 0.15) is 13.3 Å². The van der Waals surface area contributed by atoms with Crippen molar-refractivity contribution in [2.24, 2.45) is 0 Å². The van der Waals surface area contributed by atoms with E-state index in [0.29, 0.717) is 19.6 Å². The Hall–Kier alpha value is -0.450. The standard InChI is InChI=1S/C8H16O4/c1-3-8(6-9)12-7-11-5-4-10-2/h6,8H,3-5,7H2,1-2H3. The summed E-state index contributed by atoms with van der Waals surface area (Å²) in [6.07, 6.45) is 1.11. The minimum atomic E-state index is -0.340. The van der Waals surface area contributed by atoms with Gasteiger partial charge in [0.05, 0.1) is 13.2 Å². The number of ether oxygens (including phenoxy) is 3. The number of methoxy groups -OCH3 is 1. The summed E-state index contributed by atoms with van der Waals surface area (Å²) in [7, 11) is 1.60. The predicted molar refractivity (Wildman–Crippen MR) is 43.9 cm³/mol. The maximum atomic E-state index is 10.3. The Morgan fingerprint density at radius 1 is 1.42 bits per heavy atom. The average Bonchev–Trinajstić information content (AvgIpc) is 2.11. The van der Waals surface area contributed by atoms with Gasteiger partial charge in [0.1, 0.15) is 19.2 Å². The molecule has 0 heterocycles. The van der Waals surface area contributed by atoms with E-state index >= 15 is 0 Å². The van der Waals surface area contributed by atoms with Gasteiger partial charge in [-0.05, 0) is 6.42 Å². The summed E-state index contributed by atoms with van der Waals surface area (Å²) in [6, 6.07) is 0. The molecule has 0 fully saturated rings. The lowest BCUT2D eigenvalue weighted by Crippen LogP contribution is -2.16. The highest BCUT2D eigenvalue weighted by Crippen LogP contribution is 1.93. The monoisotopic (exact) mass is 176 g/mol. The molecule has 0 saturated carbocycles. The van der Waals surface area contributed by atoms with Crippen LogP contribution < -0.4 is 0 Å². The van der Waals surface area contributed by atoms with Gasteiger partial charge in [-0.15, -0.1) is 0 Å². The molecule has 12 heavy (non-hydrogen) atoms. The Labute approximate surface area is 72.8 Å². The van der Waals surface area contributed by atoms with E-state index in [1.807, 2.05) is 6.92 Å². The fourth-order valence-electron chi connectivity index (χ4n) is 0.590. The molecule has 0 spiro atoms. The second kappa shape index (κ2) is 8.64. The predicted octanol–water partition coefficient (Wildman–Crippen LogP) is 0.601. The zero-order valence-electron chi connectivity index (χ0n) is 7.62. The number of hydrogen-bond donors (Lipinski definition) is 0. The molecule has 72 valence electrons. The molecule has 0 aliphatic rings. The van der Waals surface area contributed by atoms with Gasteiger partial charge in [0.15, 0.2) is 0 Å². The zero-order chi connectivity index (χ0) is 9.23. The number of hydrogen-bond acceptors (Lipinski definition) is 4. The minimum Gasteiger partial charge on any atom is -0.382 e. The quantitative estimate of drug-likeness (QED) is 0.308. The molecule has 1 atom stereocenters. The van der Waals surface area contributed by atoms with E-state index in [0.717, 1.165) is 6.29 Å². The smallest absolute Gasteiger partial charge is 0.148 e. The van der Waals surface area contributed by atoms with E-state index in [2.05, 4.69) is 0 Å². The van der Waals surface area contributed by atoms with Gasteiger partial charge in [0, 0.05) is 7.11 Å². The lowest BCUT2D eigenvalue weighted by atomic mass is 10.3. The van der Waals surface area contributed by atoms with Crippen LogP contribution in [0.25, 0.3) is 0 Å². The number of carbonyl (C=O) groups is 1. The van der Waals surface area contributed by atoms with Crippen molar-refractivity contribution in [1.29, 1.82) is 0 Å². The SMILES string of the molecule is CCC(C=O)OCOCCOC. The van der Waals surface area contributed by atoms with Crippen LogP contribution in [0.15, 0.2) is 0 Å². The molecule has 0 bridgehead atoms. The van der Waals surface area contributed by atoms with Crippen LogP contribution in [0.4, 0.5) is 0 Å². The summed E-state index contributed by atoms with van der Waals surface area (Å²) >= 11 is 0. The van der Waals surface area contributed by atoms with Crippen LogP contribution in [0, 0.1) is 0 Å². The van der Waals surface area contributed by atoms with Crippen molar-refractivity contribution in [2.75, 3.05) is 27.1 Å². The van der Waals surface area contributed by atoms with Crippen LogP contribution in [-0.4, -0.2) is 39.5 Å². The van der Waals surface area contributed by atoms with E-state index in [1.54, 1.807) is 7.11 Å². The third-order valence-electron chi connectivity index (χ3n) is 1.35. The van der Waals surface area contributed by atoms with Gasteiger partial charge in [0.25, 0.3) is 0 Å². The fraction of sp³-hybridized carbons (Fsp3) is 0.875. The van der Waals surface area contributed by atoms with Crippen molar-refractivity contribution in [1.82, 2.24) is 0 Å². The summed E-state index contributed by atoms with van der Waals surface area (Å²) in [5.41, 5.74) is 0. The highest BCUT2D eigenvalue weighted by Gasteiger charge is 2.02. The van der Waals surface area contributed by atoms with Crippen molar-refractivity contribution in [3.8, 4) is 0 Å². The van der Waals surface area contributed by atoms with Gasteiger partial charge in [-0.1, -0.05) is 6.92 Å². The van der Waals surface area contributed by atoms with Crippen LogP contribution in [0.2, 0.25) is 0 Å². The van der Waals surface area contributed by atoms with Crippen molar-refractivity contribution >= 4 is 6.29 Å². The van der Waals surface area contributed by atoms with E-state index < -0.39 is 0 Å². The average molecular weight is 176 g/mol. The Kier molecular flexibility index (Phi) is 8.32. The molecule has 4 heteroatoms. The van der Waals surface area contributed by atoms with Gasteiger partial charge < -0.3 is 19.0 Å². The maximum absolute atomic E-state index is 10.3. The van der Waals surface area contributed by atoms with E-state index in [4.69, 9.17) is 14.2 Å². The molecule has 0 N–H and O–H groups in total. The first-order chi connectivity index (χ1) is 5.85. The lowest BCUT2D eigenvalue weighted by Gasteiger charge is -2.09. The summed E-state index contributed by atoms with van der Waals surface area (Å²) in [6.45, 7) is 3.07. The minimum absolute atomic E-state index is 0.153. The van der Waals surface area contributed by atoms with Crippen LogP contribution in [0.3, 0.4) is 0 Å². The van der Waals surface area contributed by atoms with Crippen LogP contribution in [-0.2, 0) is 19.0 Å². The number of rotatable bonds is 8. The molecule has 0 radical (unpaired) electrons. The first-order valence-electron chi connectivity index (χ1n) is 3.98. The second-order valence-electron chi connectivity index (χ2n) is 2.27. The molecule has 0 rings (SSSR count). The molecule has 0 aromatic carbocycles. The molecule has 1 unspecified atom stereocenters. The molecule has 4 nitrogen and oxygen atoms in total. The Balaban J connectivity index is 3.12. The van der Waals surface area contributed by atoms with E-state index in [1.165, 1.54) is 0 Å².